The minimum absolute atomic E-state index is 0.499. The van der Waals surface area contributed by atoms with E-state index in [9.17, 15) is 13.2 Å². The Morgan fingerprint density at radius 1 is 1.33 bits per heavy atom. The van der Waals surface area contributed by atoms with Gasteiger partial charge in [0.15, 0.2) is 15.1 Å². The molecule has 1 heterocycles. The zero-order valence-electron chi connectivity index (χ0n) is 12.6. The van der Waals surface area contributed by atoms with Gasteiger partial charge in [0.05, 0.1) is 26.4 Å². The third-order valence-corrected chi connectivity index (χ3v) is 2.87. The van der Waals surface area contributed by atoms with Gasteiger partial charge in [-0.2, -0.15) is 13.2 Å². The van der Waals surface area contributed by atoms with Gasteiger partial charge in [-0.1, -0.05) is 6.07 Å². The molecule has 1 aliphatic rings. The van der Waals surface area contributed by atoms with Gasteiger partial charge in [0, 0.05) is 19.2 Å². The third kappa shape index (κ3) is 9.95. The first-order chi connectivity index (χ1) is 11.1. The van der Waals surface area contributed by atoms with Crippen LogP contribution >= 0.6 is 0 Å². The fourth-order valence-electron chi connectivity index (χ4n) is 1.19. The van der Waals surface area contributed by atoms with Crippen molar-refractivity contribution in [2.24, 2.45) is 0 Å². The minimum Gasteiger partial charge on any atom is -0.741 e. The second kappa shape index (κ2) is 10.8. The molecule has 0 spiro atoms. The number of nitrogens with zero attached hydrogens (tertiary/aromatic N) is 2. The van der Waals surface area contributed by atoms with Crippen molar-refractivity contribution < 1.29 is 35.6 Å². The molecule has 0 unspecified atom stereocenters. The summed E-state index contributed by atoms with van der Waals surface area (Å²) in [6, 6.07) is 6.87. The molecule has 0 radical (unpaired) electrons. The second-order valence-corrected chi connectivity index (χ2v) is 5.43. The number of nitrogens with one attached hydrogen (secondary N) is 1. The van der Waals surface area contributed by atoms with Crippen LogP contribution in [0.15, 0.2) is 24.3 Å². The van der Waals surface area contributed by atoms with E-state index in [-0.39, 0.29) is 0 Å². The normalized spacial score (nSPS) is 14.2. The minimum atomic E-state index is -6.09. The summed E-state index contributed by atoms with van der Waals surface area (Å²) in [5.41, 5.74) is -5.15. The van der Waals surface area contributed by atoms with Crippen LogP contribution in [0.1, 0.15) is 0 Å². The Hall–Kier alpha value is -1.94. The lowest BCUT2D eigenvalue weighted by molar-refractivity contribution is -0.0517. The molecule has 1 N–H and O–H groups in total. The van der Waals surface area contributed by atoms with Crippen molar-refractivity contribution in [2.75, 3.05) is 33.4 Å². The molecule has 24 heavy (non-hydrogen) atoms. The SMILES string of the molecule is C1COCCN1.COc1cccc([N+]#N)c1.O=S(=O)([O-])C(F)(F)F. The first-order valence-corrected chi connectivity index (χ1v) is 7.82. The Balaban J connectivity index is 0.000000342. The maximum Gasteiger partial charge on any atom is 0.485 e. The summed E-state index contributed by atoms with van der Waals surface area (Å²) in [5.74, 6) is 0.690. The van der Waals surface area contributed by atoms with E-state index in [1.165, 1.54) is 0 Å². The molecule has 1 aromatic rings. The summed E-state index contributed by atoms with van der Waals surface area (Å²) in [7, 11) is -4.52. The van der Waals surface area contributed by atoms with E-state index in [1.54, 1.807) is 31.4 Å². The highest BCUT2D eigenvalue weighted by atomic mass is 32.2. The molecule has 1 fully saturated rings. The first-order valence-electron chi connectivity index (χ1n) is 6.41. The molecule has 136 valence electrons. The number of diazo groups is 1. The fraction of sp³-hybridized carbons (Fsp3) is 0.500. The summed E-state index contributed by atoms with van der Waals surface area (Å²) in [5, 5.41) is 11.5. The Morgan fingerprint density at radius 2 is 1.88 bits per heavy atom. The van der Waals surface area contributed by atoms with Crippen LogP contribution in [-0.2, 0) is 14.9 Å². The van der Waals surface area contributed by atoms with Crippen molar-refractivity contribution in [1.82, 2.24) is 5.32 Å². The first kappa shape index (κ1) is 22.1. The Bertz CT molecular complexity index is 616. The molecule has 0 aromatic heterocycles. The van der Waals surface area contributed by atoms with Crippen molar-refractivity contribution in [1.29, 1.82) is 5.39 Å². The molecular formula is C12H16F3N3O5S. The zero-order valence-corrected chi connectivity index (χ0v) is 13.4. The highest BCUT2D eigenvalue weighted by Crippen LogP contribution is 2.20. The number of ether oxygens (including phenoxy) is 2. The number of hydrogen-bond acceptors (Lipinski definition) is 7. The van der Waals surface area contributed by atoms with Gasteiger partial charge in [-0.15, -0.1) is 0 Å². The van der Waals surface area contributed by atoms with Crippen LogP contribution < -0.4 is 10.1 Å². The van der Waals surface area contributed by atoms with E-state index >= 15 is 0 Å². The van der Waals surface area contributed by atoms with Gasteiger partial charge in [0.1, 0.15) is 5.75 Å². The smallest absolute Gasteiger partial charge is 0.485 e. The average Bonchev–Trinajstić information content (AvgIpc) is 2.56. The van der Waals surface area contributed by atoms with Gasteiger partial charge in [-0.25, -0.2) is 8.42 Å². The van der Waals surface area contributed by atoms with Crippen molar-refractivity contribution in [2.45, 2.75) is 5.51 Å². The monoisotopic (exact) mass is 371 g/mol. The average molecular weight is 371 g/mol. The van der Waals surface area contributed by atoms with E-state index in [1.807, 2.05) is 0 Å². The molecule has 0 amide bonds. The Kier molecular flexibility index (Phi) is 9.89. The number of halogens is 3. The summed E-state index contributed by atoms with van der Waals surface area (Å²) in [4.78, 5) is 3.00. The van der Waals surface area contributed by atoms with Gasteiger partial charge in [0.2, 0.25) is 5.39 Å². The maximum atomic E-state index is 10.7. The summed E-state index contributed by atoms with van der Waals surface area (Å²) in [6.07, 6.45) is 0. The topological polar surface area (TPSA) is 116 Å². The summed E-state index contributed by atoms with van der Waals surface area (Å²) in [6.45, 7) is 3.83. The predicted octanol–water partition coefficient (Wildman–Crippen LogP) is 1.84. The molecule has 0 bridgehead atoms. The van der Waals surface area contributed by atoms with Crippen molar-refractivity contribution in [3.05, 3.63) is 29.2 Å². The van der Waals surface area contributed by atoms with E-state index in [0.717, 1.165) is 26.3 Å². The molecule has 12 heteroatoms. The number of methoxy groups -OCH3 is 1. The number of hydrogen-bond donors (Lipinski definition) is 1. The molecule has 1 saturated heterocycles. The molecule has 1 aliphatic heterocycles. The lowest BCUT2D eigenvalue weighted by Crippen LogP contribution is -2.30. The molecule has 0 aliphatic carbocycles. The third-order valence-electron chi connectivity index (χ3n) is 2.30. The van der Waals surface area contributed by atoms with E-state index in [0.29, 0.717) is 11.4 Å². The zero-order chi connectivity index (χ0) is 18.6. The van der Waals surface area contributed by atoms with Crippen molar-refractivity contribution >= 4 is 15.8 Å². The number of rotatable bonds is 1. The van der Waals surface area contributed by atoms with Crippen LogP contribution in [0.3, 0.4) is 0 Å². The van der Waals surface area contributed by atoms with Crippen LogP contribution in [0, 0.1) is 5.39 Å². The molecule has 0 saturated carbocycles. The fourth-order valence-corrected chi connectivity index (χ4v) is 1.19. The van der Waals surface area contributed by atoms with Crippen LogP contribution in [0.5, 0.6) is 5.75 Å². The lowest BCUT2D eigenvalue weighted by Gasteiger charge is -2.10. The molecule has 2 rings (SSSR count). The second-order valence-electron chi connectivity index (χ2n) is 4.06. The standard InChI is InChI=1S/C7H7N2O.C4H9NO.CHF3O3S/c1-10-7-4-2-3-6(5-7)9-8;1-3-6-4-2-5-1;2-1(3,4)8(5,6)7/h2-5H,1H3;5H,1-4H2;(H,5,6,7)/q+1;;/p-1. The highest BCUT2D eigenvalue weighted by molar-refractivity contribution is 7.86. The predicted molar refractivity (Wildman–Crippen MR) is 77.2 cm³/mol. The number of alkyl halides is 3. The van der Waals surface area contributed by atoms with E-state index < -0.39 is 15.6 Å². The van der Waals surface area contributed by atoms with Gasteiger partial charge >= 0.3 is 11.2 Å². The van der Waals surface area contributed by atoms with Crippen molar-refractivity contribution in [3.63, 3.8) is 0 Å². The lowest BCUT2D eigenvalue weighted by atomic mass is 10.3. The summed E-state index contributed by atoms with van der Waals surface area (Å²) < 4.78 is 68.8. The van der Waals surface area contributed by atoms with Crippen molar-refractivity contribution in [3.8, 4) is 5.75 Å². The molecule has 1 aromatic carbocycles. The van der Waals surface area contributed by atoms with Gasteiger partial charge in [-0.3, -0.25) is 0 Å². The van der Waals surface area contributed by atoms with Gasteiger partial charge < -0.3 is 19.3 Å². The van der Waals surface area contributed by atoms with Gasteiger partial charge in [0.25, 0.3) is 0 Å². The van der Waals surface area contributed by atoms with Gasteiger partial charge in [-0.05, 0) is 6.07 Å². The Labute approximate surface area is 136 Å². The van der Waals surface area contributed by atoms with Crippen LogP contribution in [-0.4, -0.2) is 51.9 Å². The highest BCUT2D eigenvalue weighted by Gasteiger charge is 2.36. The molecule has 8 nitrogen and oxygen atoms in total. The summed E-state index contributed by atoms with van der Waals surface area (Å²) >= 11 is 0. The number of morpholine rings is 1. The number of benzene rings is 1. The van der Waals surface area contributed by atoms with E-state index in [2.05, 4.69) is 10.3 Å². The van der Waals surface area contributed by atoms with Crippen LogP contribution in [0.25, 0.3) is 4.98 Å². The van der Waals surface area contributed by atoms with Crippen LogP contribution in [0.2, 0.25) is 0 Å². The quantitative estimate of drug-likeness (QED) is 0.455. The largest absolute Gasteiger partial charge is 0.741 e. The Morgan fingerprint density at radius 3 is 2.17 bits per heavy atom. The van der Waals surface area contributed by atoms with E-state index in [4.69, 9.17) is 27.8 Å². The molecular weight excluding hydrogens is 355 g/mol. The molecule has 0 atom stereocenters. The van der Waals surface area contributed by atoms with Crippen LogP contribution in [0.4, 0.5) is 18.9 Å². The maximum absolute atomic E-state index is 10.7.